The number of amides is 2. The van der Waals surface area contributed by atoms with Gasteiger partial charge < -0.3 is 10.2 Å². The predicted molar refractivity (Wildman–Crippen MR) is 153 cm³/mol. The molecule has 2 amide bonds. The summed E-state index contributed by atoms with van der Waals surface area (Å²) in [7, 11) is 0. The summed E-state index contributed by atoms with van der Waals surface area (Å²) >= 11 is 7.50. The van der Waals surface area contributed by atoms with E-state index < -0.39 is 6.04 Å². The van der Waals surface area contributed by atoms with Gasteiger partial charge in [-0.2, -0.15) is 0 Å². The Morgan fingerprint density at radius 2 is 1.59 bits per heavy atom. The van der Waals surface area contributed by atoms with Crippen molar-refractivity contribution in [2.45, 2.75) is 69.0 Å². The summed E-state index contributed by atoms with van der Waals surface area (Å²) in [6.45, 7) is 2.43. The zero-order chi connectivity index (χ0) is 26.0. The van der Waals surface area contributed by atoms with Gasteiger partial charge in [0.15, 0.2) is 0 Å². The fourth-order valence-corrected chi connectivity index (χ4v) is 5.66. The minimum atomic E-state index is -0.594. The molecule has 0 bridgehead atoms. The van der Waals surface area contributed by atoms with Gasteiger partial charge in [-0.05, 0) is 55.2 Å². The first-order valence-corrected chi connectivity index (χ1v) is 14.4. The molecule has 0 heterocycles. The molecular formula is C31H35ClN2O2S. The van der Waals surface area contributed by atoms with E-state index in [9.17, 15) is 9.59 Å². The van der Waals surface area contributed by atoms with Crippen molar-refractivity contribution in [2.24, 2.45) is 0 Å². The smallest absolute Gasteiger partial charge is 0.243 e. The Labute approximate surface area is 229 Å². The lowest BCUT2D eigenvalue weighted by atomic mass is 9.94. The van der Waals surface area contributed by atoms with Gasteiger partial charge in [0.05, 0.1) is 5.75 Å². The van der Waals surface area contributed by atoms with Crippen molar-refractivity contribution in [2.75, 3.05) is 5.75 Å². The molecule has 3 aromatic carbocycles. The molecule has 0 aliphatic heterocycles. The van der Waals surface area contributed by atoms with Crippen molar-refractivity contribution in [3.05, 3.63) is 101 Å². The number of carbonyl (C=O) groups excluding carboxylic acids is 2. The highest BCUT2D eigenvalue weighted by molar-refractivity contribution is 8.00. The van der Waals surface area contributed by atoms with Gasteiger partial charge in [0.1, 0.15) is 6.04 Å². The van der Waals surface area contributed by atoms with E-state index >= 15 is 0 Å². The topological polar surface area (TPSA) is 49.4 Å². The maximum Gasteiger partial charge on any atom is 0.243 e. The molecule has 0 radical (unpaired) electrons. The van der Waals surface area contributed by atoms with Crippen LogP contribution in [0.3, 0.4) is 0 Å². The van der Waals surface area contributed by atoms with E-state index in [1.807, 2.05) is 73.7 Å². The second-order valence-corrected chi connectivity index (χ2v) is 11.3. The Morgan fingerprint density at radius 3 is 2.27 bits per heavy atom. The lowest BCUT2D eigenvalue weighted by Gasteiger charge is -2.33. The lowest BCUT2D eigenvalue weighted by Crippen LogP contribution is -2.53. The number of benzene rings is 3. The Bertz CT molecular complexity index is 1150. The summed E-state index contributed by atoms with van der Waals surface area (Å²) in [4.78, 5) is 30.3. The SMILES string of the molecule is Cc1ccc(CN(C(=O)CSc2ccc(Cl)cc2)C(Cc2ccccc2)C(=O)NC2CCCCC2)cc1. The highest BCUT2D eigenvalue weighted by atomic mass is 35.5. The number of nitrogens with one attached hydrogen (secondary N) is 1. The van der Waals surface area contributed by atoms with Gasteiger partial charge in [-0.1, -0.05) is 91.0 Å². The molecular weight excluding hydrogens is 500 g/mol. The normalized spacial score (nSPS) is 14.6. The molecule has 3 aromatic rings. The second kappa shape index (κ2) is 13.7. The van der Waals surface area contributed by atoms with Gasteiger partial charge in [-0.3, -0.25) is 9.59 Å². The number of hydrogen-bond acceptors (Lipinski definition) is 3. The van der Waals surface area contributed by atoms with Crippen LogP contribution in [-0.4, -0.2) is 34.6 Å². The molecule has 1 N–H and O–H groups in total. The molecule has 1 unspecified atom stereocenters. The fourth-order valence-electron chi connectivity index (χ4n) is 4.75. The zero-order valence-electron chi connectivity index (χ0n) is 21.4. The third-order valence-corrected chi connectivity index (χ3v) is 8.12. The highest BCUT2D eigenvalue weighted by Crippen LogP contribution is 2.24. The summed E-state index contributed by atoms with van der Waals surface area (Å²) < 4.78 is 0. The van der Waals surface area contributed by atoms with Gasteiger partial charge in [0, 0.05) is 28.9 Å². The van der Waals surface area contributed by atoms with Crippen LogP contribution in [0.2, 0.25) is 5.02 Å². The van der Waals surface area contributed by atoms with Crippen LogP contribution in [0.5, 0.6) is 0 Å². The molecule has 4 rings (SSSR count). The minimum Gasteiger partial charge on any atom is -0.352 e. The molecule has 37 heavy (non-hydrogen) atoms. The number of nitrogens with zero attached hydrogens (tertiary/aromatic N) is 1. The molecule has 4 nitrogen and oxygen atoms in total. The third-order valence-electron chi connectivity index (χ3n) is 6.87. The Morgan fingerprint density at radius 1 is 0.919 bits per heavy atom. The summed E-state index contributed by atoms with van der Waals surface area (Å²) in [5, 5.41) is 3.96. The zero-order valence-corrected chi connectivity index (χ0v) is 22.9. The Hall–Kier alpha value is -2.76. The van der Waals surface area contributed by atoms with Crippen LogP contribution in [0.25, 0.3) is 0 Å². The van der Waals surface area contributed by atoms with Gasteiger partial charge >= 0.3 is 0 Å². The lowest BCUT2D eigenvalue weighted by molar-refractivity contribution is -0.139. The van der Waals surface area contributed by atoms with Crippen LogP contribution >= 0.6 is 23.4 Å². The van der Waals surface area contributed by atoms with Crippen LogP contribution in [-0.2, 0) is 22.6 Å². The second-order valence-electron chi connectivity index (χ2n) is 9.80. The maximum atomic E-state index is 13.8. The number of hydrogen-bond donors (Lipinski definition) is 1. The van der Waals surface area contributed by atoms with Crippen LogP contribution in [0.1, 0.15) is 48.8 Å². The summed E-state index contributed by atoms with van der Waals surface area (Å²) in [6.07, 6.45) is 5.97. The van der Waals surface area contributed by atoms with Crippen molar-refractivity contribution < 1.29 is 9.59 Å². The summed E-state index contributed by atoms with van der Waals surface area (Å²) in [5.41, 5.74) is 3.22. The van der Waals surface area contributed by atoms with E-state index in [2.05, 4.69) is 17.4 Å². The van der Waals surface area contributed by atoms with E-state index in [0.717, 1.165) is 47.3 Å². The van der Waals surface area contributed by atoms with Gasteiger partial charge in [-0.15, -0.1) is 11.8 Å². The molecule has 1 fully saturated rings. The van der Waals surface area contributed by atoms with E-state index in [4.69, 9.17) is 11.6 Å². The Balaban J connectivity index is 1.59. The predicted octanol–water partition coefficient (Wildman–Crippen LogP) is 6.83. The molecule has 1 saturated carbocycles. The fraction of sp³-hybridized carbons (Fsp3) is 0.355. The van der Waals surface area contributed by atoms with Crippen molar-refractivity contribution in [1.29, 1.82) is 0 Å². The molecule has 1 atom stereocenters. The molecule has 0 aromatic heterocycles. The minimum absolute atomic E-state index is 0.0553. The molecule has 0 saturated heterocycles. The van der Waals surface area contributed by atoms with Crippen LogP contribution in [0.15, 0.2) is 83.8 Å². The first-order valence-electron chi connectivity index (χ1n) is 13.1. The molecule has 0 spiro atoms. The first-order chi connectivity index (χ1) is 18.0. The van der Waals surface area contributed by atoms with Crippen LogP contribution in [0, 0.1) is 6.92 Å². The quantitative estimate of drug-likeness (QED) is 0.290. The number of rotatable bonds is 10. The van der Waals surface area contributed by atoms with Gasteiger partial charge in [0.25, 0.3) is 0 Å². The number of thioether (sulfide) groups is 1. The standard InChI is InChI=1S/C31H35ClN2O2S/c1-23-12-14-25(15-13-23)21-34(30(35)22-37-28-18-16-26(32)17-19-28)29(20-24-8-4-2-5-9-24)31(36)33-27-10-6-3-7-11-27/h2,4-5,8-9,12-19,27,29H,3,6-7,10-11,20-22H2,1H3,(H,33,36). The Kier molecular flexibility index (Phi) is 10.1. The number of aryl methyl sites for hydroxylation is 1. The van der Waals surface area contributed by atoms with Gasteiger partial charge in [-0.25, -0.2) is 0 Å². The molecule has 1 aliphatic carbocycles. The molecule has 6 heteroatoms. The van der Waals surface area contributed by atoms with Crippen molar-refractivity contribution in [3.8, 4) is 0 Å². The monoisotopic (exact) mass is 534 g/mol. The number of halogens is 1. The first kappa shape index (κ1) is 27.3. The average Bonchev–Trinajstić information content (AvgIpc) is 2.92. The summed E-state index contributed by atoms with van der Waals surface area (Å²) in [6, 6.07) is 25.2. The van der Waals surface area contributed by atoms with E-state index in [-0.39, 0.29) is 23.6 Å². The van der Waals surface area contributed by atoms with E-state index in [0.29, 0.717) is 18.0 Å². The van der Waals surface area contributed by atoms with Crippen LogP contribution in [0.4, 0.5) is 0 Å². The van der Waals surface area contributed by atoms with Crippen molar-refractivity contribution >= 4 is 35.2 Å². The maximum absolute atomic E-state index is 13.8. The van der Waals surface area contributed by atoms with Crippen LogP contribution < -0.4 is 5.32 Å². The highest BCUT2D eigenvalue weighted by Gasteiger charge is 2.31. The van der Waals surface area contributed by atoms with Crippen molar-refractivity contribution in [1.82, 2.24) is 10.2 Å². The largest absolute Gasteiger partial charge is 0.352 e. The summed E-state index contributed by atoms with van der Waals surface area (Å²) in [5.74, 6) is 0.128. The van der Waals surface area contributed by atoms with E-state index in [1.165, 1.54) is 18.2 Å². The van der Waals surface area contributed by atoms with Gasteiger partial charge in [0.2, 0.25) is 11.8 Å². The molecule has 194 valence electrons. The van der Waals surface area contributed by atoms with Crippen molar-refractivity contribution in [3.63, 3.8) is 0 Å². The molecule has 1 aliphatic rings. The third kappa shape index (κ3) is 8.37. The van der Waals surface area contributed by atoms with E-state index in [1.54, 1.807) is 4.90 Å². The average molecular weight is 535 g/mol. The number of carbonyl (C=O) groups is 2.